The van der Waals surface area contributed by atoms with Crippen molar-refractivity contribution >= 4 is 21.7 Å². The average Bonchev–Trinajstić information content (AvgIpc) is 3.30. The number of halogens is 1. The topological polar surface area (TPSA) is 57.7 Å². The molecule has 0 bridgehead atoms. The molecule has 0 amide bonds. The summed E-state index contributed by atoms with van der Waals surface area (Å²) in [6.07, 6.45) is 1.06. The molecule has 1 unspecified atom stereocenters. The van der Waals surface area contributed by atoms with Gasteiger partial charge in [0, 0.05) is 23.5 Å². The van der Waals surface area contributed by atoms with E-state index < -0.39 is 0 Å². The number of aromatic nitrogens is 3. The first kappa shape index (κ1) is 15.9. The van der Waals surface area contributed by atoms with Crippen molar-refractivity contribution in [1.29, 1.82) is 5.26 Å². The molecule has 1 aliphatic rings. The van der Waals surface area contributed by atoms with Crippen LogP contribution < -0.4 is 4.90 Å². The minimum atomic E-state index is 0.372. The molecule has 0 spiro atoms. The van der Waals surface area contributed by atoms with Crippen LogP contribution in [0, 0.1) is 11.3 Å². The second kappa shape index (κ2) is 6.69. The predicted octanol–water partition coefficient (Wildman–Crippen LogP) is 3.90. The lowest BCUT2D eigenvalue weighted by Gasteiger charge is -2.15. The molecule has 0 aliphatic carbocycles. The largest absolute Gasteiger partial charge is 0.352 e. The molecule has 124 valence electrons. The molecular formula is C19H16BrN5. The van der Waals surface area contributed by atoms with E-state index in [-0.39, 0.29) is 0 Å². The van der Waals surface area contributed by atoms with E-state index in [4.69, 9.17) is 0 Å². The monoisotopic (exact) mass is 393 g/mol. The van der Waals surface area contributed by atoms with Gasteiger partial charge in [0.2, 0.25) is 5.69 Å². The zero-order chi connectivity index (χ0) is 17.2. The summed E-state index contributed by atoms with van der Waals surface area (Å²) in [5, 5.41) is 18.4. The summed E-state index contributed by atoms with van der Waals surface area (Å²) in [5.41, 5.74) is 2.55. The van der Waals surface area contributed by atoms with Crippen LogP contribution in [0.3, 0.4) is 0 Å². The van der Waals surface area contributed by atoms with Crippen LogP contribution in [0.4, 0.5) is 5.82 Å². The minimum Gasteiger partial charge on any atom is -0.352 e. The fraction of sp³-hybridized carbons (Fsp3) is 0.211. The maximum atomic E-state index is 9.47. The van der Waals surface area contributed by atoms with Crippen molar-refractivity contribution < 1.29 is 0 Å². The Labute approximate surface area is 154 Å². The molecule has 1 fully saturated rings. The molecular weight excluding hydrogens is 378 g/mol. The smallest absolute Gasteiger partial charge is 0.207 e. The third-order valence-corrected chi connectivity index (χ3v) is 5.05. The van der Waals surface area contributed by atoms with Crippen molar-refractivity contribution in [2.75, 3.05) is 18.0 Å². The Hall–Kier alpha value is -2.65. The van der Waals surface area contributed by atoms with Gasteiger partial charge in [-0.25, -0.2) is 0 Å². The lowest BCUT2D eigenvalue weighted by Crippen LogP contribution is -2.20. The van der Waals surface area contributed by atoms with Crippen LogP contribution in [0.25, 0.3) is 5.69 Å². The van der Waals surface area contributed by atoms with Gasteiger partial charge in [-0.15, -0.1) is 15.0 Å². The van der Waals surface area contributed by atoms with Crippen LogP contribution >= 0.6 is 15.9 Å². The highest BCUT2D eigenvalue weighted by Gasteiger charge is 2.28. The minimum absolute atomic E-state index is 0.372. The molecule has 1 aliphatic heterocycles. The van der Waals surface area contributed by atoms with Gasteiger partial charge in [0.15, 0.2) is 5.82 Å². The molecule has 4 rings (SSSR count). The van der Waals surface area contributed by atoms with Gasteiger partial charge in [-0.05, 0) is 36.2 Å². The van der Waals surface area contributed by atoms with E-state index in [9.17, 15) is 5.26 Å². The second-order valence-corrected chi connectivity index (χ2v) is 7.01. The Kier molecular flexibility index (Phi) is 4.24. The van der Waals surface area contributed by atoms with E-state index in [0.717, 1.165) is 29.7 Å². The Balaban J connectivity index is 1.61. The Bertz CT molecular complexity index is 911. The first-order chi connectivity index (χ1) is 12.2. The summed E-state index contributed by atoms with van der Waals surface area (Å²) >= 11 is 3.42. The second-order valence-electron chi connectivity index (χ2n) is 6.09. The van der Waals surface area contributed by atoms with Gasteiger partial charge in [-0.1, -0.05) is 46.3 Å². The van der Waals surface area contributed by atoms with Crippen LogP contribution in [0.5, 0.6) is 0 Å². The van der Waals surface area contributed by atoms with Gasteiger partial charge in [0.05, 0.1) is 5.69 Å². The van der Waals surface area contributed by atoms with Crippen LogP contribution in [0.15, 0.2) is 59.1 Å². The molecule has 0 saturated carbocycles. The van der Waals surface area contributed by atoms with Gasteiger partial charge in [-0.3, -0.25) is 0 Å². The molecule has 6 heteroatoms. The number of hydrogen-bond donors (Lipinski definition) is 0. The molecule has 0 N–H and O–H groups in total. The van der Waals surface area contributed by atoms with Crippen LogP contribution in [0.1, 0.15) is 23.6 Å². The highest BCUT2D eigenvalue weighted by Crippen LogP contribution is 2.31. The highest BCUT2D eigenvalue weighted by atomic mass is 79.9. The zero-order valence-corrected chi connectivity index (χ0v) is 15.1. The van der Waals surface area contributed by atoms with E-state index in [1.165, 1.54) is 10.4 Å². The molecule has 1 saturated heterocycles. The lowest BCUT2D eigenvalue weighted by atomic mass is 9.99. The average molecular weight is 394 g/mol. The van der Waals surface area contributed by atoms with E-state index in [0.29, 0.717) is 17.4 Å². The highest BCUT2D eigenvalue weighted by molar-refractivity contribution is 9.10. The fourth-order valence-electron chi connectivity index (χ4n) is 3.22. The van der Waals surface area contributed by atoms with E-state index in [2.05, 4.69) is 61.4 Å². The van der Waals surface area contributed by atoms with E-state index in [1.807, 2.05) is 30.3 Å². The quantitative estimate of drug-likeness (QED) is 0.676. The molecule has 2 aromatic carbocycles. The lowest BCUT2D eigenvalue weighted by molar-refractivity contribution is 0.741. The first-order valence-corrected chi connectivity index (χ1v) is 8.97. The van der Waals surface area contributed by atoms with E-state index in [1.54, 1.807) is 0 Å². The van der Waals surface area contributed by atoms with Gasteiger partial charge < -0.3 is 4.90 Å². The summed E-state index contributed by atoms with van der Waals surface area (Å²) in [7, 11) is 0. The summed E-state index contributed by atoms with van der Waals surface area (Å²) in [5.74, 6) is 1.13. The molecule has 1 aromatic heterocycles. The zero-order valence-electron chi connectivity index (χ0n) is 13.5. The molecule has 5 nitrogen and oxygen atoms in total. The number of rotatable bonds is 3. The molecule has 1 atom stereocenters. The van der Waals surface area contributed by atoms with Crippen LogP contribution in [-0.4, -0.2) is 28.1 Å². The van der Waals surface area contributed by atoms with Crippen molar-refractivity contribution in [2.24, 2.45) is 0 Å². The summed E-state index contributed by atoms with van der Waals surface area (Å²) in [4.78, 5) is 3.70. The number of nitrogens with zero attached hydrogens (tertiary/aromatic N) is 5. The normalized spacial score (nSPS) is 16.8. The van der Waals surface area contributed by atoms with Crippen LogP contribution in [0.2, 0.25) is 0 Å². The number of nitriles is 1. The van der Waals surface area contributed by atoms with Crippen molar-refractivity contribution in [1.82, 2.24) is 15.0 Å². The summed E-state index contributed by atoms with van der Waals surface area (Å²) in [6, 6.07) is 20.4. The van der Waals surface area contributed by atoms with Gasteiger partial charge in [-0.2, -0.15) is 5.26 Å². The third-order valence-electron chi connectivity index (χ3n) is 4.52. The maximum absolute atomic E-state index is 9.47. The Morgan fingerprint density at radius 2 is 1.80 bits per heavy atom. The van der Waals surface area contributed by atoms with Crippen molar-refractivity contribution in [3.05, 3.63) is 70.3 Å². The molecule has 2 heterocycles. The molecule has 0 radical (unpaired) electrons. The molecule has 25 heavy (non-hydrogen) atoms. The van der Waals surface area contributed by atoms with Crippen molar-refractivity contribution in [2.45, 2.75) is 12.3 Å². The fourth-order valence-corrected chi connectivity index (χ4v) is 3.49. The predicted molar refractivity (Wildman–Crippen MR) is 99.8 cm³/mol. The van der Waals surface area contributed by atoms with Gasteiger partial charge in [0.25, 0.3) is 0 Å². The number of benzene rings is 2. The summed E-state index contributed by atoms with van der Waals surface area (Å²) < 4.78 is 0.995. The van der Waals surface area contributed by atoms with E-state index >= 15 is 0 Å². The van der Waals surface area contributed by atoms with Gasteiger partial charge >= 0.3 is 0 Å². The van der Waals surface area contributed by atoms with Gasteiger partial charge in [0.1, 0.15) is 6.07 Å². The third kappa shape index (κ3) is 3.15. The number of anilines is 1. The Morgan fingerprint density at radius 1 is 1.04 bits per heavy atom. The Morgan fingerprint density at radius 3 is 2.52 bits per heavy atom. The van der Waals surface area contributed by atoms with Crippen molar-refractivity contribution in [3.8, 4) is 11.8 Å². The standard InChI is InChI=1S/C19H16BrN5/c20-16-6-8-17(9-7-16)25-22-18(12-21)19(23-25)24-11-10-15(13-24)14-4-2-1-3-5-14/h1-9,15H,10-11,13H2. The van der Waals surface area contributed by atoms with Crippen LogP contribution in [-0.2, 0) is 0 Å². The number of hydrogen-bond acceptors (Lipinski definition) is 4. The SMILES string of the molecule is N#Cc1nn(-c2ccc(Br)cc2)nc1N1CCC(c2ccccc2)C1. The first-order valence-electron chi connectivity index (χ1n) is 8.18. The molecule has 3 aromatic rings. The van der Waals surface area contributed by atoms with Crippen molar-refractivity contribution in [3.63, 3.8) is 0 Å². The summed E-state index contributed by atoms with van der Waals surface area (Å²) in [6.45, 7) is 1.74. The maximum Gasteiger partial charge on any atom is 0.207 e.